The number of aliphatic hydroxyl groups excluding tert-OH is 1. The summed E-state index contributed by atoms with van der Waals surface area (Å²) in [5.74, 6) is 0.712. The van der Waals surface area contributed by atoms with Gasteiger partial charge >= 0.3 is 6.03 Å². The van der Waals surface area contributed by atoms with Crippen LogP contribution in [0.5, 0.6) is 0 Å². The van der Waals surface area contributed by atoms with Crippen molar-refractivity contribution < 1.29 is 9.90 Å². The Labute approximate surface area is 126 Å². The number of carbonyl (C=O) groups is 1. The number of nitrogens with one attached hydrogen (secondary N) is 2. The molecule has 1 fully saturated rings. The standard InChI is InChI=1S/C17H26N2O2/c1-12-4-3-5-15(8-12)13(2)10-18-17(21)19-11-14-6-7-16(20)9-14/h3-5,8,13-14,16,20H,6-7,9-11H2,1-2H3,(H2,18,19,21)/t13-,14+,16-/m1/s1. The van der Waals surface area contributed by atoms with Crippen LogP contribution < -0.4 is 10.6 Å². The molecule has 1 aromatic carbocycles. The van der Waals surface area contributed by atoms with Gasteiger partial charge < -0.3 is 15.7 Å². The minimum absolute atomic E-state index is 0.115. The largest absolute Gasteiger partial charge is 0.393 e. The quantitative estimate of drug-likeness (QED) is 0.780. The third-order valence-electron chi connectivity index (χ3n) is 4.24. The number of urea groups is 1. The van der Waals surface area contributed by atoms with Gasteiger partial charge in [-0.2, -0.15) is 0 Å². The van der Waals surface area contributed by atoms with Crippen LogP contribution in [0, 0.1) is 12.8 Å². The van der Waals surface area contributed by atoms with Crippen LogP contribution in [0.4, 0.5) is 4.79 Å². The van der Waals surface area contributed by atoms with Crippen LogP contribution >= 0.6 is 0 Å². The van der Waals surface area contributed by atoms with Gasteiger partial charge in [-0.05, 0) is 43.6 Å². The molecule has 0 unspecified atom stereocenters. The minimum atomic E-state index is -0.179. The third-order valence-corrected chi connectivity index (χ3v) is 4.24. The molecule has 4 heteroatoms. The molecular formula is C17H26N2O2. The summed E-state index contributed by atoms with van der Waals surface area (Å²) in [7, 11) is 0. The first-order chi connectivity index (χ1) is 10.0. The number of benzene rings is 1. The van der Waals surface area contributed by atoms with E-state index in [2.05, 4.69) is 42.7 Å². The summed E-state index contributed by atoms with van der Waals surface area (Å²) in [6.45, 7) is 5.47. The van der Waals surface area contributed by atoms with E-state index in [1.165, 1.54) is 11.1 Å². The number of amides is 2. The molecule has 0 aliphatic heterocycles. The fourth-order valence-corrected chi connectivity index (χ4v) is 2.87. The second-order valence-electron chi connectivity index (χ2n) is 6.24. The summed E-state index contributed by atoms with van der Waals surface area (Å²) >= 11 is 0. The van der Waals surface area contributed by atoms with Crippen molar-refractivity contribution in [3.8, 4) is 0 Å². The highest BCUT2D eigenvalue weighted by Crippen LogP contribution is 2.24. The van der Waals surface area contributed by atoms with Crippen molar-refractivity contribution in [2.24, 2.45) is 5.92 Å². The summed E-state index contributed by atoms with van der Waals surface area (Å²) in [4.78, 5) is 11.8. The Bertz CT molecular complexity index is 476. The van der Waals surface area contributed by atoms with Gasteiger partial charge in [0, 0.05) is 13.1 Å². The Morgan fingerprint density at radius 3 is 2.86 bits per heavy atom. The fraction of sp³-hybridized carbons (Fsp3) is 0.588. The highest BCUT2D eigenvalue weighted by atomic mass is 16.3. The van der Waals surface area contributed by atoms with Crippen molar-refractivity contribution in [1.29, 1.82) is 0 Å². The van der Waals surface area contributed by atoms with Gasteiger partial charge in [0.05, 0.1) is 6.10 Å². The molecule has 1 aliphatic carbocycles. The van der Waals surface area contributed by atoms with Crippen molar-refractivity contribution in [2.75, 3.05) is 13.1 Å². The zero-order chi connectivity index (χ0) is 15.2. The second-order valence-corrected chi connectivity index (χ2v) is 6.24. The Kier molecular flexibility index (Phi) is 5.62. The first-order valence-corrected chi connectivity index (χ1v) is 7.81. The minimum Gasteiger partial charge on any atom is -0.393 e. The second kappa shape index (κ2) is 7.46. The Hall–Kier alpha value is -1.55. The van der Waals surface area contributed by atoms with Crippen molar-refractivity contribution in [1.82, 2.24) is 10.6 Å². The number of hydrogen-bond donors (Lipinski definition) is 3. The van der Waals surface area contributed by atoms with Crippen molar-refractivity contribution in [3.05, 3.63) is 35.4 Å². The maximum absolute atomic E-state index is 11.8. The lowest BCUT2D eigenvalue weighted by molar-refractivity contribution is 0.177. The highest BCUT2D eigenvalue weighted by Gasteiger charge is 2.22. The predicted octanol–water partition coefficient (Wildman–Crippen LogP) is 2.56. The molecule has 0 aromatic heterocycles. The first kappa shape index (κ1) is 15.8. The molecule has 3 atom stereocenters. The molecule has 4 nitrogen and oxygen atoms in total. The molecule has 116 valence electrons. The fourth-order valence-electron chi connectivity index (χ4n) is 2.87. The van der Waals surface area contributed by atoms with E-state index in [4.69, 9.17) is 0 Å². The SMILES string of the molecule is Cc1cccc([C@H](C)CNC(=O)NC[C@H]2CC[C@@H](O)C2)c1. The van der Waals surface area contributed by atoms with E-state index in [9.17, 15) is 9.90 Å². The monoisotopic (exact) mass is 290 g/mol. The van der Waals surface area contributed by atoms with Crippen LogP contribution in [-0.4, -0.2) is 30.3 Å². The van der Waals surface area contributed by atoms with Gasteiger partial charge in [-0.1, -0.05) is 36.8 Å². The van der Waals surface area contributed by atoms with E-state index in [-0.39, 0.29) is 12.1 Å². The molecule has 0 radical (unpaired) electrons. The Morgan fingerprint density at radius 1 is 1.38 bits per heavy atom. The number of hydrogen-bond acceptors (Lipinski definition) is 2. The van der Waals surface area contributed by atoms with Crippen LogP contribution in [0.3, 0.4) is 0 Å². The average molecular weight is 290 g/mol. The van der Waals surface area contributed by atoms with E-state index in [0.29, 0.717) is 24.9 Å². The van der Waals surface area contributed by atoms with E-state index in [0.717, 1.165) is 19.3 Å². The molecule has 2 rings (SSSR count). The lowest BCUT2D eigenvalue weighted by atomic mass is 9.99. The summed E-state index contributed by atoms with van der Waals surface area (Å²) in [5, 5.41) is 15.3. The summed E-state index contributed by atoms with van der Waals surface area (Å²) in [6, 6.07) is 8.26. The van der Waals surface area contributed by atoms with Gasteiger partial charge in [0.1, 0.15) is 0 Å². The molecular weight excluding hydrogens is 264 g/mol. The summed E-state index contributed by atoms with van der Waals surface area (Å²) in [5.41, 5.74) is 2.48. The summed E-state index contributed by atoms with van der Waals surface area (Å²) in [6.07, 6.45) is 2.49. The van der Waals surface area contributed by atoms with Gasteiger partial charge in [0.2, 0.25) is 0 Å². The smallest absolute Gasteiger partial charge is 0.314 e. The molecule has 2 amide bonds. The molecule has 21 heavy (non-hydrogen) atoms. The topological polar surface area (TPSA) is 61.4 Å². The maximum Gasteiger partial charge on any atom is 0.314 e. The molecule has 0 bridgehead atoms. The Balaban J connectivity index is 1.68. The maximum atomic E-state index is 11.8. The van der Waals surface area contributed by atoms with Crippen LogP contribution in [0.25, 0.3) is 0 Å². The molecule has 0 saturated heterocycles. The molecule has 0 spiro atoms. The van der Waals surface area contributed by atoms with E-state index >= 15 is 0 Å². The number of rotatable bonds is 5. The molecule has 1 aliphatic rings. The van der Waals surface area contributed by atoms with Crippen molar-refractivity contribution in [2.45, 2.75) is 45.1 Å². The van der Waals surface area contributed by atoms with Crippen LogP contribution in [0.15, 0.2) is 24.3 Å². The molecule has 3 N–H and O–H groups in total. The van der Waals surface area contributed by atoms with Crippen molar-refractivity contribution in [3.63, 3.8) is 0 Å². The lowest BCUT2D eigenvalue weighted by Gasteiger charge is -2.15. The van der Waals surface area contributed by atoms with Gasteiger partial charge in [-0.15, -0.1) is 0 Å². The normalized spacial score (nSPS) is 22.8. The van der Waals surface area contributed by atoms with Crippen LogP contribution in [-0.2, 0) is 0 Å². The van der Waals surface area contributed by atoms with Crippen LogP contribution in [0.1, 0.15) is 43.2 Å². The van der Waals surface area contributed by atoms with E-state index < -0.39 is 0 Å². The molecule has 0 heterocycles. The lowest BCUT2D eigenvalue weighted by Crippen LogP contribution is -2.39. The first-order valence-electron chi connectivity index (χ1n) is 7.81. The van der Waals surface area contributed by atoms with Crippen molar-refractivity contribution >= 4 is 6.03 Å². The highest BCUT2D eigenvalue weighted by molar-refractivity contribution is 5.73. The zero-order valence-corrected chi connectivity index (χ0v) is 12.9. The van der Waals surface area contributed by atoms with Gasteiger partial charge in [0.25, 0.3) is 0 Å². The van der Waals surface area contributed by atoms with Gasteiger partial charge in [-0.3, -0.25) is 0 Å². The zero-order valence-electron chi connectivity index (χ0n) is 12.9. The average Bonchev–Trinajstić information content (AvgIpc) is 2.88. The van der Waals surface area contributed by atoms with E-state index in [1.54, 1.807) is 0 Å². The Morgan fingerprint density at radius 2 is 2.19 bits per heavy atom. The van der Waals surface area contributed by atoms with Gasteiger partial charge in [-0.25, -0.2) is 4.79 Å². The summed E-state index contributed by atoms with van der Waals surface area (Å²) < 4.78 is 0. The molecule has 1 aromatic rings. The predicted molar refractivity (Wildman–Crippen MR) is 84.3 cm³/mol. The number of aryl methyl sites for hydroxylation is 1. The molecule has 1 saturated carbocycles. The van der Waals surface area contributed by atoms with Crippen LogP contribution in [0.2, 0.25) is 0 Å². The van der Waals surface area contributed by atoms with Gasteiger partial charge in [0.15, 0.2) is 0 Å². The van der Waals surface area contributed by atoms with E-state index in [1.807, 2.05) is 6.07 Å². The third kappa shape index (κ3) is 5.05. The number of carbonyl (C=O) groups excluding carboxylic acids is 1. The number of aliphatic hydroxyl groups is 1.